The van der Waals surface area contributed by atoms with Gasteiger partial charge in [0.05, 0.1) is 30.2 Å². The highest BCUT2D eigenvalue weighted by atomic mass is 16.5. The molecule has 0 bridgehead atoms. The first-order valence-corrected chi connectivity index (χ1v) is 14.7. The van der Waals surface area contributed by atoms with Crippen molar-refractivity contribution in [3.8, 4) is 5.75 Å². The molecule has 4 atom stereocenters. The van der Waals surface area contributed by atoms with Gasteiger partial charge in [0.2, 0.25) is 11.8 Å². The van der Waals surface area contributed by atoms with Gasteiger partial charge < -0.3 is 19.9 Å². The maximum absolute atomic E-state index is 13.8. The first kappa shape index (κ1) is 29.3. The molecule has 2 amide bonds. The molecule has 0 aromatic heterocycles. The van der Waals surface area contributed by atoms with Crippen LogP contribution in [-0.4, -0.2) is 46.8 Å². The van der Waals surface area contributed by atoms with Crippen molar-refractivity contribution in [1.29, 1.82) is 0 Å². The second-order valence-corrected chi connectivity index (χ2v) is 12.1. The molecule has 0 radical (unpaired) electrons. The number of ether oxygens (including phenoxy) is 1. The molecule has 3 aliphatic rings. The Bertz CT molecular complexity index is 1400. The highest BCUT2D eigenvalue weighted by Crippen LogP contribution is 2.52. The van der Waals surface area contributed by atoms with E-state index in [1.54, 1.807) is 18.2 Å². The lowest BCUT2D eigenvalue weighted by atomic mass is 9.67. The smallest absolute Gasteiger partial charge is 0.488 e. The monoisotopic (exact) mass is 557 g/mol. The minimum atomic E-state index is -1.68. The zero-order valence-electron chi connectivity index (χ0n) is 24.6. The summed E-state index contributed by atoms with van der Waals surface area (Å²) in [6.45, 7) is 10.7. The summed E-state index contributed by atoms with van der Waals surface area (Å²) in [5.74, 6) is -0.936. The average Bonchev–Trinajstić information content (AvgIpc) is 3.47. The normalized spacial score (nSPS) is 24.4. The van der Waals surface area contributed by atoms with E-state index in [0.717, 1.165) is 36.0 Å². The van der Waals surface area contributed by atoms with Crippen LogP contribution in [0.5, 0.6) is 5.75 Å². The Labute approximate surface area is 242 Å². The van der Waals surface area contributed by atoms with Crippen LogP contribution in [-0.2, 0) is 14.3 Å². The lowest BCUT2D eigenvalue weighted by Gasteiger charge is -2.33. The van der Waals surface area contributed by atoms with Crippen molar-refractivity contribution >= 4 is 36.2 Å². The molecule has 2 aliphatic heterocycles. The van der Waals surface area contributed by atoms with Gasteiger partial charge in [0.1, 0.15) is 5.75 Å². The van der Waals surface area contributed by atoms with Crippen molar-refractivity contribution in [2.24, 2.45) is 23.7 Å². The molecular weight excluding hydrogens is 517 g/mol. The van der Waals surface area contributed by atoms with Gasteiger partial charge in [-0.2, -0.15) is 0 Å². The molecule has 5 rings (SSSR count). The molecule has 0 saturated carbocycles. The summed E-state index contributed by atoms with van der Waals surface area (Å²) >= 11 is 0. The Morgan fingerprint density at radius 2 is 1.80 bits per heavy atom. The maximum Gasteiger partial charge on any atom is 0.488 e. The van der Waals surface area contributed by atoms with E-state index >= 15 is 0 Å². The Morgan fingerprint density at radius 1 is 1.10 bits per heavy atom. The number of nitrogens with zero attached hydrogens (tertiary/aromatic N) is 1. The fourth-order valence-corrected chi connectivity index (χ4v) is 7.01. The topological polar surface area (TPSA) is 107 Å². The van der Waals surface area contributed by atoms with Gasteiger partial charge in [-0.25, -0.2) is 0 Å². The van der Waals surface area contributed by atoms with Crippen LogP contribution in [0.4, 0.5) is 5.69 Å². The SMILES string of the molecule is CC/C(=C\c1cc(C)c(O)c(C)c1)CC[C@H]1OC[C@H]2C1=C(C(C)C)C[C@H]1C(=O)N(c3cccc(B(O)O)c3)C(=O)[C@H]12. The zero-order valence-corrected chi connectivity index (χ0v) is 24.6. The first-order valence-electron chi connectivity index (χ1n) is 14.7. The summed E-state index contributed by atoms with van der Waals surface area (Å²) in [5, 5.41) is 29.4. The number of hydrogen-bond donors (Lipinski definition) is 3. The zero-order chi connectivity index (χ0) is 29.6. The lowest BCUT2D eigenvalue weighted by molar-refractivity contribution is -0.122. The van der Waals surface area contributed by atoms with Crippen LogP contribution in [0.15, 0.2) is 53.1 Å². The molecule has 0 spiro atoms. The van der Waals surface area contributed by atoms with Crippen molar-refractivity contribution in [1.82, 2.24) is 0 Å². The standard InChI is InChI=1S/C33H40BNO6/c1-6-21(14-22-12-19(4)31(36)20(5)13-22)10-11-28-29-25(18(2)3)16-26-30(27(29)17-41-28)33(38)35(32(26)37)24-9-7-8-23(15-24)34(39)40/h7-9,12-15,18,26-28,30,36,39-40H,6,10-11,16-17H2,1-5H3/b21-14+/t26-,27+,28-,30-/m1/s1. The fourth-order valence-electron chi connectivity index (χ4n) is 7.01. The molecule has 8 heteroatoms. The van der Waals surface area contributed by atoms with E-state index in [-0.39, 0.29) is 35.2 Å². The Kier molecular flexibility index (Phi) is 8.28. The molecule has 41 heavy (non-hydrogen) atoms. The fraction of sp³-hybridized carbons (Fsp3) is 0.455. The van der Waals surface area contributed by atoms with E-state index in [4.69, 9.17) is 4.74 Å². The van der Waals surface area contributed by atoms with E-state index in [2.05, 4.69) is 26.8 Å². The number of phenols is 1. The number of carbonyl (C=O) groups is 2. The number of phenolic OH excluding ortho intramolecular Hbond substituents is 1. The van der Waals surface area contributed by atoms with Gasteiger partial charge in [-0.1, -0.05) is 50.1 Å². The summed E-state index contributed by atoms with van der Waals surface area (Å²) in [4.78, 5) is 28.7. The molecule has 2 saturated heterocycles. The molecular formula is C33H40BNO6. The highest BCUT2D eigenvalue weighted by molar-refractivity contribution is 6.58. The van der Waals surface area contributed by atoms with E-state index in [0.29, 0.717) is 24.5 Å². The summed E-state index contributed by atoms with van der Waals surface area (Å²) in [6, 6.07) is 10.4. The number of imide groups is 1. The van der Waals surface area contributed by atoms with E-state index in [9.17, 15) is 24.7 Å². The molecule has 0 unspecified atom stereocenters. The number of anilines is 1. The average molecular weight is 557 g/mol. The second kappa shape index (κ2) is 11.6. The number of carbonyl (C=O) groups excluding carboxylic acids is 2. The Morgan fingerprint density at radius 3 is 2.44 bits per heavy atom. The van der Waals surface area contributed by atoms with E-state index in [1.165, 1.54) is 27.7 Å². The van der Waals surface area contributed by atoms with Gasteiger partial charge in [0.25, 0.3) is 0 Å². The van der Waals surface area contributed by atoms with Gasteiger partial charge in [0.15, 0.2) is 0 Å². The molecule has 3 N–H and O–H groups in total. The number of aromatic hydroxyl groups is 1. The number of aryl methyl sites for hydroxylation is 2. The van der Waals surface area contributed by atoms with E-state index < -0.39 is 19.0 Å². The number of fused-ring (bicyclic) bond motifs is 3. The van der Waals surface area contributed by atoms with Crippen molar-refractivity contribution in [3.63, 3.8) is 0 Å². The number of amides is 2. The van der Waals surface area contributed by atoms with Crippen LogP contribution >= 0.6 is 0 Å². The summed E-state index contributed by atoms with van der Waals surface area (Å²) < 4.78 is 6.40. The molecule has 7 nitrogen and oxygen atoms in total. The number of rotatable bonds is 8. The van der Waals surface area contributed by atoms with E-state index in [1.807, 2.05) is 26.0 Å². The molecule has 2 aromatic carbocycles. The second-order valence-electron chi connectivity index (χ2n) is 12.1. The number of hydrogen-bond acceptors (Lipinski definition) is 6. The number of allylic oxidation sites excluding steroid dienone is 2. The minimum Gasteiger partial charge on any atom is -0.507 e. The predicted octanol–water partition coefficient (Wildman–Crippen LogP) is 4.44. The van der Waals surface area contributed by atoms with Crippen molar-refractivity contribution in [3.05, 3.63) is 69.8 Å². The maximum atomic E-state index is 13.8. The molecule has 2 heterocycles. The summed E-state index contributed by atoms with van der Waals surface area (Å²) in [6.07, 6.45) is 5.21. The van der Waals surface area contributed by atoms with Crippen molar-refractivity contribution < 1.29 is 29.5 Å². The third-order valence-electron chi connectivity index (χ3n) is 9.13. The molecule has 2 fully saturated rings. The van der Waals surface area contributed by atoms with Gasteiger partial charge >= 0.3 is 7.12 Å². The lowest BCUT2D eigenvalue weighted by Crippen LogP contribution is -2.36. The third-order valence-corrected chi connectivity index (χ3v) is 9.13. The summed E-state index contributed by atoms with van der Waals surface area (Å²) in [5.41, 5.74) is 7.15. The van der Waals surface area contributed by atoms with Gasteiger partial charge in [0, 0.05) is 5.92 Å². The van der Waals surface area contributed by atoms with Gasteiger partial charge in [-0.15, -0.1) is 0 Å². The highest BCUT2D eigenvalue weighted by Gasteiger charge is 2.57. The summed E-state index contributed by atoms with van der Waals surface area (Å²) in [7, 11) is -1.68. The molecule has 2 aromatic rings. The predicted molar refractivity (Wildman–Crippen MR) is 161 cm³/mol. The first-order chi connectivity index (χ1) is 19.5. The van der Waals surface area contributed by atoms with Crippen molar-refractivity contribution in [2.75, 3.05) is 11.5 Å². The van der Waals surface area contributed by atoms with Crippen LogP contribution in [0.2, 0.25) is 0 Å². The number of benzene rings is 2. The largest absolute Gasteiger partial charge is 0.507 e. The van der Waals surface area contributed by atoms with Crippen LogP contribution < -0.4 is 10.4 Å². The molecule has 216 valence electrons. The molecule has 1 aliphatic carbocycles. The van der Waals surface area contributed by atoms with Crippen LogP contribution in [0.3, 0.4) is 0 Å². The quantitative estimate of drug-likeness (QED) is 0.252. The minimum absolute atomic E-state index is 0.0959. The van der Waals surface area contributed by atoms with Gasteiger partial charge in [-0.3, -0.25) is 14.5 Å². The Balaban J connectivity index is 1.39. The third kappa shape index (κ3) is 5.41. The Hall–Kier alpha value is -3.20. The van der Waals surface area contributed by atoms with Crippen LogP contribution in [0.25, 0.3) is 6.08 Å². The van der Waals surface area contributed by atoms with Crippen LogP contribution in [0.1, 0.15) is 63.1 Å². The van der Waals surface area contributed by atoms with Crippen molar-refractivity contribution in [2.45, 2.75) is 66.4 Å². The van der Waals surface area contributed by atoms with Crippen LogP contribution in [0, 0.1) is 37.5 Å². The van der Waals surface area contributed by atoms with Gasteiger partial charge in [-0.05, 0) is 97.4 Å².